The topological polar surface area (TPSA) is 49.8 Å². The van der Waals surface area contributed by atoms with Gasteiger partial charge < -0.3 is 5.73 Å². The van der Waals surface area contributed by atoms with E-state index in [2.05, 4.69) is 6.07 Å². The lowest BCUT2D eigenvalue weighted by atomic mass is 10.1. The molecule has 0 aliphatic carbocycles. The molecule has 2 nitrogen and oxygen atoms in total. The normalized spacial score (nSPS) is 11.1. The predicted octanol–water partition coefficient (Wildman–Crippen LogP) is 2.00. The molecule has 0 heterocycles. The van der Waals surface area contributed by atoms with Crippen LogP contribution in [0.3, 0.4) is 0 Å². The molecular formula is C9H11ClN2. The van der Waals surface area contributed by atoms with Crippen molar-refractivity contribution in [1.82, 2.24) is 0 Å². The number of hydrogen-bond donors (Lipinski definition) is 1. The molecule has 64 valence electrons. The maximum atomic E-state index is 8.49. The fourth-order valence-electron chi connectivity index (χ4n) is 0.861. The number of hydrogen-bond acceptors (Lipinski definition) is 2. The molecule has 1 atom stereocenters. The van der Waals surface area contributed by atoms with Crippen LogP contribution in [0.5, 0.6) is 0 Å². The van der Waals surface area contributed by atoms with E-state index >= 15 is 0 Å². The minimum atomic E-state index is 0. The molecule has 12 heavy (non-hydrogen) atoms. The molecule has 0 amide bonds. The van der Waals surface area contributed by atoms with Crippen molar-refractivity contribution in [2.45, 2.75) is 13.0 Å². The molecule has 1 aromatic rings. The monoisotopic (exact) mass is 182 g/mol. The largest absolute Gasteiger partial charge is 0.324 e. The molecule has 0 aliphatic rings. The summed E-state index contributed by atoms with van der Waals surface area (Å²) < 4.78 is 0. The van der Waals surface area contributed by atoms with Gasteiger partial charge in [0.1, 0.15) is 0 Å². The molecule has 0 saturated carbocycles. The SMILES string of the molecule is C[C@@H](N)c1ccc(C#N)cc1.Cl. The highest BCUT2D eigenvalue weighted by molar-refractivity contribution is 5.85. The quantitative estimate of drug-likeness (QED) is 0.722. The molecule has 1 aromatic carbocycles. The molecule has 0 aromatic heterocycles. The molecule has 0 bridgehead atoms. The molecule has 2 N–H and O–H groups in total. The van der Waals surface area contributed by atoms with Crippen LogP contribution in [0.15, 0.2) is 24.3 Å². The lowest BCUT2D eigenvalue weighted by Gasteiger charge is -2.03. The number of halogens is 1. The predicted molar refractivity (Wildman–Crippen MR) is 51.0 cm³/mol. The van der Waals surface area contributed by atoms with Gasteiger partial charge in [0.2, 0.25) is 0 Å². The average Bonchev–Trinajstić information content (AvgIpc) is 2.05. The Labute approximate surface area is 78.4 Å². The van der Waals surface area contributed by atoms with Crippen LogP contribution in [0.2, 0.25) is 0 Å². The highest BCUT2D eigenvalue weighted by Gasteiger charge is 1.97. The Morgan fingerprint density at radius 2 is 1.83 bits per heavy atom. The number of nitriles is 1. The summed E-state index contributed by atoms with van der Waals surface area (Å²) in [5.41, 5.74) is 7.36. The zero-order valence-corrected chi connectivity index (χ0v) is 7.64. The summed E-state index contributed by atoms with van der Waals surface area (Å²) in [7, 11) is 0. The Balaban J connectivity index is 0.00000121. The van der Waals surface area contributed by atoms with Crippen LogP contribution in [0.1, 0.15) is 24.1 Å². The highest BCUT2D eigenvalue weighted by atomic mass is 35.5. The van der Waals surface area contributed by atoms with Crippen LogP contribution in [0.4, 0.5) is 0 Å². The Morgan fingerprint density at radius 1 is 1.33 bits per heavy atom. The summed E-state index contributed by atoms with van der Waals surface area (Å²) in [5.74, 6) is 0. The van der Waals surface area contributed by atoms with Gasteiger partial charge >= 0.3 is 0 Å². The Kier molecular flexibility index (Phi) is 4.35. The van der Waals surface area contributed by atoms with E-state index < -0.39 is 0 Å². The first-order chi connectivity index (χ1) is 5.24. The number of nitrogens with zero attached hydrogens (tertiary/aromatic N) is 1. The van der Waals surface area contributed by atoms with Crippen molar-refractivity contribution >= 4 is 12.4 Å². The van der Waals surface area contributed by atoms with Gasteiger partial charge in [-0.05, 0) is 24.6 Å². The van der Waals surface area contributed by atoms with Gasteiger partial charge in [-0.15, -0.1) is 12.4 Å². The van der Waals surface area contributed by atoms with Crippen molar-refractivity contribution < 1.29 is 0 Å². The van der Waals surface area contributed by atoms with Crippen LogP contribution < -0.4 is 5.73 Å². The van der Waals surface area contributed by atoms with Crippen LogP contribution in [0, 0.1) is 11.3 Å². The molecule has 0 unspecified atom stereocenters. The van der Waals surface area contributed by atoms with Crippen molar-refractivity contribution in [3.05, 3.63) is 35.4 Å². The Hall–Kier alpha value is -1.04. The van der Waals surface area contributed by atoms with E-state index in [1.165, 1.54) is 0 Å². The third kappa shape index (κ3) is 2.54. The molecule has 3 heteroatoms. The molecule has 0 saturated heterocycles. The van der Waals surface area contributed by atoms with Gasteiger partial charge in [0.15, 0.2) is 0 Å². The van der Waals surface area contributed by atoms with Crippen LogP contribution >= 0.6 is 12.4 Å². The zero-order valence-electron chi connectivity index (χ0n) is 6.82. The molecule has 0 fully saturated rings. The van der Waals surface area contributed by atoms with Crippen LogP contribution in [0.25, 0.3) is 0 Å². The summed E-state index contributed by atoms with van der Waals surface area (Å²) in [4.78, 5) is 0. The molecular weight excluding hydrogens is 172 g/mol. The smallest absolute Gasteiger partial charge is 0.0991 e. The minimum absolute atomic E-state index is 0. The van der Waals surface area contributed by atoms with Crippen molar-refractivity contribution in [2.24, 2.45) is 5.73 Å². The first kappa shape index (κ1) is 11.0. The van der Waals surface area contributed by atoms with Crippen molar-refractivity contribution in [2.75, 3.05) is 0 Å². The number of benzene rings is 1. The summed E-state index contributed by atoms with van der Waals surface area (Å²) >= 11 is 0. The molecule has 0 spiro atoms. The average molecular weight is 183 g/mol. The van der Waals surface area contributed by atoms with Crippen molar-refractivity contribution in [1.29, 1.82) is 5.26 Å². The van der Waals surface area contributed by atoms with Gasteiger partial charge in [-0.25, -0.2) is 0 Å². The summed E-state index contributed by atoms with van der Waals surface area (Å²) in [6.07, 6.45) is 0. The lowest BCUT2D eigenvalue weighted by molar-refractivity contribution is 0.818. The highest BCUT2D eigenvalue weighted by Crippen LogP contribution is 2.09. The lowest BCUT2D eigenvalue weighted by Crippen LogP contribution is -2.04. The fourth-order valence-corrected chi connectivity index (χ4v) is 0.861. The number of nitrogens with two attached hydrogens (primary N) is 1. The second-order valence-corrected chi connectivity index (χ2v) is 2.52. The van der Waals surface area contributed by atoms with Gasteiger partial charge in [0.25, 0.3) is 0 Å². The second-order valence-electron chi connectivity index (χ2n) is 2.52. The molecule has 1 rings (SSSR count). The van der Waals surface area contributed by atoms with Gasteiger partial charge in [-0.1, -0.05) is 12.1 Å². The third-order valence-corrected chi connectivity index (χ3v) is 1.57. The van der Waals surface area contributed by atoms with Crippen molar-refractivity contribution in [3.63, 3.8) is 0 Å². The minimum Gasteiger partial charge on any atom is -0.324 e. The Morgan fingerprint density at radius 3 is 2.17 bits per heavy atom. The van der Waals surface area contributed by atoms with E-state index in [1.807, 2.05) is 19.1 Å². The fraction of sp³-hybridized carbons (Fsp3) is 0.222. The van der Waals surface area contributed by atoms with E-state index in [4.69, 9.17) is 11.0 Å². The summed E-state index contributed by atoms with van der Waals surface area (Å²) in [5, 5.41) is 8.49. The maximum absolute atomic E-state index is 8.49. The van der Waals surface area contributed by atoms with Crippen LogP contribution in [-0.2, 0) is 0 Å². The second kappa shape index (κ2) is 4.76. The van der Waals surface area contributed by atoms with Gasteiger partial charge in [-0.3, -0.25) is 0 Å². The van der Waals surface area contributed by atoms with E-state index in [9.17, 15) is 0 Å². The van der Waals surface area contributed by atoms with Crippen molar-refractivity contribution in [3.8, 4) is 6.07 Å². The summed E-state index contributed by atoms with van der Waals surface area (Å²) in [6, 6.07) is 9.41. The first-order valence-electron chi connectivity index (χ1n) is 3.49. The number of rotatable bonds is 1. The summed E-state index contributed by atoms with van der Waals surface area (Å²) in [6.45, 7) is 1.92. The van der Waals surface area contributed by atoms with E-state index in [-0.39, 0.29) is 18.4 Å². The third-order valence-electron chi connectivity index (χ3n) is 1.57. The van der Waals surface area contributed by atoms with E-state index in [1.54, 1.807) is 12.1 Å². The molecule has 0 aliphatic heterocycles. The van der Waals surface area contributed by atoms with Gasteiger partial charge in [0.05, 0.1) is 11.6 Å². The van der Waals surface area contributed by atoms with Gasteiger partial charge in [-0.2, -0.15) is 5.26 Å². The van der Waals surface area contributed by atoms with Crippen LogP contribution in [-0.4, -0.2) is 0 Å². The van der Waals surface area contributed by atoms with Gasteiger partial charge in [0, 0.05) is 6.04 Å². The molecule has 0 radical (unpaired) electrons. The Bertz CT molecular complexity index is 272. The van der Waals surface area contributed by atoms with E-state index in [0.717, 1.165) is 5.56 Å². The van der Waals surface area contributed by atoms with E-state index in [0.29, 0.717) is 5.56 Å². The zero-order chi connectivity index (χ0) is 8.27. The first-order valence-corrected chi connectivity index (χ1v) is 3.49. The standard InChI is InChI=1S/C9H10N2.ClH/c1-7(11)9-4-2-8(6-10)3-5-9;/h2-5,7H,11H2,1H3;1H/t7-;/m1./s1. The maximum Gasteiger partial charge on any atom is 0.0991 e.